The average molecular weight is 316 g/mol. The van der Waals surface area contributed by atoms with Crippen LogP contribution >= 0.6 is 27.5 Å². The number of oxazole rings is 1. The maximum absolute atomic E-state index is 5.89. The van der Waals surface area contributed by atoms with Crippen molar-refractivity contribution in [3.8, 4) is 11.3 Å². The highest BCUT2D eigenvalue weighted by Crippen LogP contribution is 2.31. The van der Waals surface area contributed by atoms with Crippen LogP contribution in [0.1, 0.15) is 12.3 Å². The summed E-state index contributed by atoms with van der Waals surface area (Å²) < 4.78 is 6.55. The van der Waals surface area contributed by atoms with E-state index in [1.165, 1.54) is 0 Å². The van der Waals surface area contributed by atoms with E-state index < -0.39 is 0 Å². The largest absolute Gasteiger partial charge is 0.441 e. The van der Waals surface area contributed by atoms with Crippen molar-refractivity contribution in [3.63, 3.8) is 0 Å². The Labute approximate surface area is 113 Å². The van der Waals surface area contributed by atoms with Crippen molar-refractivity contribution in [2.24, 2.45) is 5.73 Å². The number of aryl methyl sites for hydroxylation is 1. The lowest BCUT2D eigenvalue weighted by atomic mass is 10.2. The van der Waals surface area contributed by atoms with Gasteiger partial charge in [-0.15, -0.1) is 0 Å². The van der Waals surface area contributed by atoms with E-state index in [0.29, 0.717) is 17.5 Å². The van der Waals surface area contributed by atoms with E-state index >= 15 is 0 Å². The maximum atomic E-state index is 5.89. The molecule has 2 N–H and O–H groups in total. The smallest absolute Gasteiger partial charge is 0.194 e. The van der Waals surface area contributed by atoms with Crippen molar-refractivity contribution in [1.29, 1.82) is 0 Å². The van der Waals surface area contributed by atoms with E-state index in [4.69, 9.17) is 21.8 Å². The second-order valence-corrected chi connectivity index (χ2v) is 4.93. The van der Waals surface area contributed by atoms with Gasteiger partial charge in [0.1, 0.15) is 0 Å². The van der Waals surface area contributed by atoms with Crippen LogP contribution in [0.4, 0.5) is 0 Å². The Morgan fingerprint density at radius 3 is 2.94 bits per heavy atom. The van der Waals surface area contributed by atoms with Gasteiger partial charge in [-0.05, 0) is 47.1 Å². The van der Waals surface area contributed by atoms with Crippen LogP contribution in [0.2, 0.25) is 5.02 Å². The van der Waals surface area contributed by atoms with E-state index in [-0.39, 0.29) is 0 Å². The van der Waals surface area contributed by atoms with Crippen molar-refractivity contribution in [3.05, 3.63) is 39.8 Å². The molecular formula is C12H12BrClN2O. The third kappa shape index (κ3) is 3.09. The Balaban J connectivity index is 2.24. The number of hydrogen-bond acceptors (Lipinski definition) is 3. The second kappa shape index (κ2) is 5.67. The molecule has 3 nitrogen and oxygen atoms in total. The number of hydrogen-bond donors (Lipinski definition) is 1. The van der Waals surface area contributed by atoms with Crippen molar-refractivity contribution in [1.82, 2.24) is 4.98 Å². The standard InChI is InChI=1S/C12H12BrClN2O/c13-10-6-8(14)3-4-9(10)11-7-16-12(17-11)2-1-5-15/h3-4,6-7H,1-2,5,15H2. The summed E-state index contributed by atoms with van der Waals surface area (Å²) in [7, 11) is 0. The Kier molecular flexibility index (Phi) is 4.20. The molecule has 0 saturated heterocycles. The van der Waals surface area contributed by atoms with Gasteiger partial charge in [-0.2, -0.15) is 0 Å². The summed E-state index contributed by atoms with van der Waals surface area (Å²) in [5, 5.41) is 0.684. The lowest BCUT2D eigenvalue weighted by Gasteiger charge is -2.00. The number of nitrogens with two attached hydrogens (primary N) is 1. The quantitative estimate of drug-likeness (QED) is 0.937. The van der Waals surface area contributed by atoms with Gasteiger partial charge in [-0.1, -0.05) is 11.6 Å². The molecule has 0 aliphatic heterocycles. The van der Waals surface area contributed by atoms with Crippen LogP contribution in [-0.2, 0) is 6.42 Å². The summed E-state index contributed by atoms with van der Waals surface area (Å²) in [4.78, 5) is 4.22. The zero-order valence-electron chi connectivity index (χ0n) is 9.12. The molecule has 1 aromatic carbocycles. The van der Waals surface area contributed by atoms with Gasteiger partial charge in [0.15, 0.2) is 11.7 Å². The fourth-order valence-electron chi connectivity index (χ4n) is 1.49. The Morgan fingerprint density at radius 1 is 1.41 bits per heavy atom. The van der Waals surface area contributed by atoms with Crippen LogP contribution in [0, 0.1) is 0 Å². The van der Waals surface area contributed by atoms with Crippen LogP contribution in [0.15, 0.2) is 33.3 Å². The van der Waals surface area contributed by atoms with Crippen molar-refractivity contribution >= 4 is 27.5 Å². The van der Waals surface area contributed by atoms with Crippen molar-refractivity contribution < 1.29 is 4.42 Å². The molecular weight excluding hydrogens is 304 g/mol. The Bertz CT molecular complexity index is 513. The van der Waals surface area contributed by atoms with Gasteiger partial charge in [-0.3, -0.25) is 0 Å². The average Bonchev–Trinajstić information content (AvgIpc) is 2.75. The third-order valence-electron chi connectivity index (χ3n) is 2.34. The molecule has 1 aromatic heterocycles. The highest BCUT2D eigenvalue weighted by molar-refractivity contribution is 9.10. The SMILES string of the molecule is NCCCc1ncc(-c2ccc(Cl)cc2Br)o1. The zero-order valence-corrected chi connectivity index (χ0v) is 11.5. The van der Waals surface area contributed by atoms with Gasteiger partial charge in [-0.25, -0.2) is 4.98 Å². The van der Waals surface area contributed by atoms with Gasteiger partial charge in [0, 0.05) is 21.5 Å². The van der Waals surface area contributed by atoms with E-state index in [0.717, 1.165) is 28.6 Å². The summed E-state index contributed by atoms with van der Waals surface area (Å²) in [5.74, 6) is 1.45. The van der Waals surface area contributed by atoms with Crippen molar-refractivity contribution in [2.75, 3.05) is 6.54 Å². The maximum Gasteiger partial charge on any atom is 0.194 e. The van der Waals surface area contributed by atoms with E-state index in [9.17, 15) is 0 Å². The molecule has 0 saturated carbocycles. The summed E-state index contributed by atoms with van der Waals surface area (Å²) in [6.45, 7) is 0.641. The lowest BCUT2D eigenvalue weighted by Crippen LogP contribution is -2.00. The topological polar surface area (TPSA) is 52.0 Å². The normalized spacial score (nSPS) is 10.8. The first-order valence-electron chi connectivity index (χ1n) is 5.31. The van der Waals surface area contributed by atoms with Crippen LogP contribution < -0.4 is 5.73 Å². The molecule has 0 aliphatic carbocycles. The molecule has 1 heterocycles. The number of benzene rings is 1. The van der Waals surface area contributed by atoms with Crippen LogP contribution in [0.5, 0.6) is 0 Å². The fraction of sp³-hybridized carbons (Fsp3) is 0.250. The predicted molar refractivity (Wildman–Crippen MR) is 72.0 cm³/mol. The third-order valence-corrected chi connectivity index (χ3v) is 3.24. The van der Waals surface area contributed by atoms with Gasteiger partial charge in [0.2, 0.25) is 0 Å². The first kappa shape index (κ1) is 12.6. The van der Waals surface area contributed by atoms with E-state index in [1.54, 1.807) is 6.20 Å². The molecule has 0 bridgehead atoms. The molecule has 17 heavy (non-hydrogen) atoms. The summed E-state index contributed by atoms with van der Waals surface area (Å²) >= 11 is 9.34. The summed E-state index contributed by atoms with van der Waals surface area (Å²) in [5.41, 5.74) is 6.39. The predicted octanol–water partition coefficient (Wildman–Crippen LogP) is 3.65. The summed E-state index contributed by atoms with van der Waals surface area (Å²) in [6, 6.07) is 5.56. The molecule has 0 atom stereocenters. The molecule has 0 radical (unpaired) electrons. The molecule has 0 fully saturated rings. The monoisotopic (exact) mass is 314 g/mol. The highest BCUT2D eigenvalue weighted by atomic mass is 79.9. The van der Waals surface area contributed by atoms with E-state index in [2.05, 4.69) is 20.9 Å². The Morgan fingerprint density at radius 2 is 2.24 bits per heavy atom. The lowest BCUT2D eigenvalue weighted by molar-refractivity contribution is 0.499. The van der Waals surface area contributed by atoms with Gasteiger partial charge in [0.25, 0.3) is 0 Å². The number of halogens is 2. The van der Waals surface area contributed by atoms with E-state index in [1.807, 2.05) is 18.2 Å². The molecule has 0 aliphatic rings. The van der Waals surface area contributed by atoms with Crippen LogP contribution in [-0.4, -0.2) is 11.5 Å². The molecule has 2 rings (SSSR count). The van der Waals surface area contributed by atoms with Gasteiger partial charge < -0.3 is 10.2 Å². The fourth-order valence-corrected chi connectivity index (χ4v) is 2.37. The molecule has 0 amide bonds. The second-order valence-electron chi connectivity index (χ2n) is 3.63. The van der Waals surface area contributed by atoms with Gasteiger partial charge in [0.05, 0.1) is 6.20 Å². The minimum Gasteiger partial charge on any atom is -0.441 e. The molecule has 0 unspecified atom stereocenters. The van der Waals surface area contributed by atoms with Gasteiger partial charge >= 0.3 is 0 Å². The highest BCUT2D eigenvalue weighted by Gasteiger charge is 2.09. The Hall–Kier alpha value is -0.840. The minimum absolute atomic E-state index is 0.641. The number of rotatable bonds is 4. The minimum atomic E-state index is 0.641. The molecule has 2 aromatic rings. The molecule has 0 spiro atoms. The number of aromatic nitrogens is 1. The zero-order chi connectivity index (χ0) is 12.3. The molecule has 90 valence electrons. The first-order valence-corrected chi connectivity index (χ1v) is 6.48. The van der Waals surface area contributed by atoms with Crippen molar-refractivity contribution in [2.45, 2.75) is 12.8 Å². The van der Waals surface area contributed by atoms with Crippen LogP contribution in [0.25, 0.3) is 11.3 Å². The molecule has 5 heteroatoms. The number of nitrogens with zero attached hydrogens (tertiary/aromatic N) is 1. The first-order chi connectivity index (χ1) is 8.20. The van der Waals surface area contributed by atoms with Crippen LogP contribution in [0.3, 0.4) is 0 Å². The summed E-state index contributed by atoms with van der Waals surface area (Å²) in [6.07, 6.45) is 3.36.